The fourth-order valence-corrected chi connectivity index (χ4v) is 3.52. The van der Waals surface area contributed by atoms with E-state index >= 15 is 0 Å². The van der Waals surface area contributed by atoms with Gasteiger partial charge in [-0.2, -0.15) is 5.10 Å². The summed E-state index contributed by atoms with van der Waals surface area (Å²) in [5, 5.41) is 26.6. The smallest absolute Gasteiger partial charge is 0.186 e. The van der Waals surface area contributed by atoms with Gasteiger partial charge in [-0.05, 0) is 30.8 Å². The highest BCUT2D eigenvalue weighted by atomic mass is 32.1. The second-order valence-electron chi connectivity index (χ2n) is 7.97. The first-order valence-corrected chi connectivity index (χ1v) is 12.1. The van der Waals surface area contributed by atoms with Crippen LogP contribution in [0.25, 0.3) is 0 Å². The molecular weight excluding hydrogens is 394 g/mol. The van der Waals surface area contributed by atoms with Crippen LogP contribution in [0.5, 0.6) is 11.5 Å². The van der Waals surface area contributed by atoms with Crippen molar-refractivity contribution in [1.29, 1.82) is 0 Å². The topological polar surface area (TPSA) is 76.9 Å². The van der Waals surface area contributed by atoms with Gasteiger partial charge in [0.25, 0.3) is 0 Å². The van der Waals surface area contributed by atoms with Gasteiger partial charge in [0, 0.05) is 18.2 Å². The Kier molecular flexibility index (Phi) is 15.7. The van der Waals surface area contributed by atoms with Crippen molar-refractivity contribution < 1.29 is 10.2 Å². The number of hydrogen-bond donors (Lipinski definition) is 4. The highest BCUT2D eigenvalue weighted by Gasteiger charge is 1.99. The molecule has 0 fully saturated rings. The van der Waals surface area contributed by atoms with Crippen LogP contribution in [0.1, 0.15) is 102 Å². The van der Waals surface area contributed by atoms with Crippen molar-refractivity contribution in [2.45, 2.75) is 96.8 Å². The highest BCUT2D eigenvalue weighted by molar-refractivity contribution is 7.80. The van der Waals surface area contributed by atoms with Crippen LogP contribution in [0.4, 0.5) is 0 Å². The van der Waals surface area contributed by atoms with Gasteiger partial charge in [0.2, 0.25) is 0 Å². The van der Waals surface area contributed by atoms with Crippen LogP contribution in [0.3, 0.4) is 0 Å². The van der Waals surface area contributed by atoms with E-state index in [2.05, 4.69) is 22.8 Å². The third-order valence-electron chi connectivity index (χ3n) is 5.20. The normalized spacial score (nSPS) is 11.1. The summed E-state index contributed by atoms with van der Waals surface area (Å²) in [5.41, 5.74) is 3.25. The summed E-state index contributed by atoms with van der Waals surface area (Å²) in [6.07, 6.45) is 20.4. The van der Waals surface area contributed by atoms with Crippen LogP contribution in [-0.2, 0) is 0 Å². The Bertz CT molecular complexity index is 608. The number of hydrogen-bond acceptors (Lipinski definition) is 4. The molecular formula is C24H41N3O2S. The van der Waals surface area contributed by atoms with Crippen molar-refractivity contribution in [2.75, 3.05) is 6.54 Å². The molecule has 0 bridgehead atoms. The molecule has 0 spiro atoms. The van der Waals surface area contributed by atoms with E-state index in [-0.39, 0.29) is 11.5 Å². The van der Waals surface area contributed by atoms with Crippen LogP contribution < -0.4 is 10.7 Å². The zero-order chi connectivity index (χ0) is 21.9. The Morgan fingerprint density at radius 1 is 0.867 bits per heavy atom. The van der Waals surface area contributed by atoms with Crippen LogP contribution in [-0.4, -0.2) is 28.1 Å². The van der Waals surface area contributed by atoms with Crippen molar-refractivity contribution in [3.8, 4) is 11.5 Å². The standard InChI is InChI=1S/C24H41N3O2S/c1-2-3-4-5-6-7-8-9-10-11-12-13-14-15-18-25-24(30)27-26-20-21-16-17-22(28)19-23(21)29/h16-17,19-20,28-29H,2-15,18H2,1H3,(H2,25,27,30). The average molecular weight is 436 g/mol. The number of aromatic hydroxyl groups is 2. The van der Waals surface area contributed by atoms with Gasteiger partial charge in [-0.15, -0.1) is 0 Å². The Labute approximate surface area is 188 Å². The van der Waals surface area contributed by atoms with E-state index in [0.29, 0.717) is 10.7 Å². The van der Waals surface area contributed by atoms with E-state index in [0.717, 1.165) is 13.0 Å². The van der Waals surface area contributed by atoms with Crippen LogP contribution in [0.15, 0.2) is 23.3 Å². The SMILES string of the molecule is CCCCCCCCCCCCCCCCNC(=S)NN=Cc1ccc(O)cc1O. The summed E-state index contributed by atoms with van der Waals surface area (Å²) >= 11 is 5.18. The van der Waals surface area contributed by atoms with Crippen molar-refractivity contribution >= 4 is 23.5 Å². The molecule has 5 nitrogen and oxygen atoms in total. The van der Waals surface area contributed by atoms with Gasteiger partial charge in [0.15, 0.2) is 5.11 Å². The molecule has 0 unspecified atom stereocenters. The number of hydrazone groups is 1. The Hall–Kier alpha value is -1.82. The molecule has 0 aromatic heterocycles. The van der Waals surface area contributed by atoms with Gasteiger partial charge in [-0.25, -0.2) is 0 Å². The molecule has 0 aliphatic heterocycles. The molecule has 6 heteroatoms. The first-order chi connectivity index (χ1) is 14.6. The number of thiocarbonyl (C=S) groups is 1. The molecule has 0 aliphatic rings. The largest absolute Gasteiger partial charge is 0.508 e. The van der Waals surface area contributed by atoms with E-state index in [1.54, 1.807) is 6.07 Å². The molecule has 0 amide bonds. The number of phenols is 2. The molecule has 0 atom stereocenters. The van der Waals surface area contributed by atoms with Crippen molar-refractivity contribution in [2.24, 2.45) is 5.10 Å². The molecule has 1 aromatic carbocycles. The van der Waals surface area contributed by atoms with Crippen molar-refractivity contribution in [3.05, 3.63) is 23.8 Å². The van der Waals surface area contributed by atoms with E-state index in [9.17, 15) is 10.2 Å². The third-order valence-corrected chi connectivity index (χ3v) is 5.44. The second kappa shape index (κ2) is 18.0. The average Bonchev–Trinajstić information content (AvgIpc) is 2.72. The van der Waals surface area contributed by atoms with E-state index in [1.165, 1.54) is 102 Å². The molecule has 4 N–H and O–H groups in total. The predicted octanol–water partition coefficient (Wildman–Crippen LogP) is 6.38. The summed E-state index contributed by atoms with van der Waals surface area (Å²) in [6, 6.07) is 4.35. The monoisotopic (exact) mass is 435 g/mol. The number of phenolic OH excluding ortho intramolecular Hbond substituents is 2. The summed E-state index contributed by atoms with van der Waals surface area (Å²) in [6.45, 7) is 3.11. The molecule has 1 aromatic rings. The Morgan fingerprint density at radius 2 is 1.40 bits per heavy atom. The minimum atomic E-state index is -0.0261. The number of rotatable bonds is 17. The minimum absolute atomic E-state index is 0.0166. The fraction of sp³-hybridized carbons (Fsp3) is 0.667. The van der Waals surface area contributed by atoms with Gasteiger partial charge in [0.1, 0.15) is 11.5 Å². The summed E-state index contributed by atoms with van der Waals surface area (Å²) in [5.74, 6) is -0.00945. The first-order valence-electron chi connectivity index (χ1n) is 11.7. The van der Waals surface area contributed by atoms with Crippen molar-refractivity contribution in [1.82, 2.24) is 10.7 Å². The fourth-order valence-electron chi connectivity index (χ4n) is 3.36. The van der Waals surface area contributed by atoms with Gasteiger partial charge in [-0.1, -0.05) is 90.4 Å². The van der Waals surface area contributed by atoms with Crippen molar-refractivity contribution in [3.63, 3.8) is 0 Å². The number of nitrogens with one attached hydrogen (secondary N) is 2. The van der Waals surface area contributed by atoms with E-state index in [1.807, 2.05) is 0 Å². The van der Waals surface area contributed by atoms with E-state index in [4.69, 9.17) is 12.2 Å². The summed E-state index contributed by atoms with van der Waals surface area (Å²) in [7, 11) is 0. The first kappa shape index (κ1) is 26.2. The van der Waals surface area contributed by atoms with Gasteiger partial charge >= 0.3 is 0 Å². The molecule has 170 valence electrons. The molecule has 0 aliphatic carbocycles. The molecule has 0 radical (unpaired) electrons. The van der Waals surface area contributed by atoms with Gasteiger partial charge in [0.05, 0.1) is 6.21 Å². The quantitative estimate of drug-likeness (QED) is 0.0989. The zero-order valence-corrected chi connectivity index (χ0v) is 19.5. The number of nitrogens with zero attached hydrogens (tertiary/aromatic N) is 1. The highest BCUT2D eigenvalue weighted by Crippen LogP contribution is 2.20. The Morgan fingerprint density at radius 3 is 1.93 bits per heavy atom. The lowest BCUT2D eigenvalue weighted by atomic mass is 10.0. The predicted molar refractivity (Wildman–Crippen MR) is 131 cm³/mol. The molecule has 0 saturated heterocycles. The second-order valence-corrected chi connectivity index (χ2v) is 8.37. The lowest BCUT2D eigenvalue weighted by Gasteiger charge is -2.07. The third kappa shape index (κ3) is 14.2. The molecule has 30 heavy (non-hydrogen) atoms. The molecule has 0 heterocycles. The maximum Gasteiger partial charge on any atom is 0.186 e. The van der Waals surface area contributed by atoms with Gasteiger partial charge < -0.3 is 15.5 Å². The lowest BCUT2D eigenvalue weighted by molar-refractivity contribution is 0.450. The number of unbranched alkanes of at least 4 members (excludes halogenated alkanes) is 13. The summed E-state index contributed by atoms with van der Waals surface area (Å²) < 4.78 is 0. The summed E-state index contributed by atoms with van der Waals surface area (Å²) in [4.78, 5) is 0. The van der Waals surface area contributed by atoms with Crippen LogP contribution >= 0.6 is 12.2 Å². The maximum absolute atomic E-state index is 9.68. The molecule has 1 rings (SSSR count). The van der Waals surface area contributed by atoms with Crippen LogP contribution in [0.2, 0.25) is 0 Å². The minimum Gasteiger partial charge on any atom is -0.508 e. The Balaban J connectivity index is 1.88. The lowest BCUT2D eigenvalue weighted by Crippen LogP contribution is -2.32. The maximum atomic E-state index is 9.68. The van der Waals surface area contributed by atoms with Crippen LogP contribution in [0, 0.1) is 0 Å². The molecule has 0 saturated carbocycles. The number of benzene rings is 1. The zero-order valence-electron chi connectivity index (χ0n) is 18.7. The van der Waals surface area contributed by atoms with E-state index < -0.39 is 0 Å². The van der Waals surface area contributed by atoms with Gasteiger partial charge in [-0.3, -0.25) is 5.43 Å².